The quantitative estimate of drug-likeness (QED) is 0.579. The summed E-state index contributed by atoms with van der Waals surface area (Å²) in [4.78, 5) is 40.9. The minimum Gasteiger partial charge on any atom is -0.468 e. The highest BCUT2D eigenvalue weighted by Crippen LogP contribution is 2.28. The molecular weight excluding hydrogens is 447 g/mol. The van der Waals surface area contributed by atoms with Crippen LogP contribution >= 0.6 is 0 Å². The van der Waals surface area contributed by atoms with Crippen LogP contribution in [0.25, 0.3) is 0 Å². The molecule has 0 saturated carbocycles. The topological polar surface area (TPSA) is 105 Å². The number of carbonyl (C=O) groups excluding carboxylic acids is 3. The van der Waals surface area contributed by atoms with Gasteiger partial charge in [0, 0.05) is 39.2 Å². The van der Waals surface area contributed by atoms with Crippen LogP contribution in [0.3, 0.4) is 0 Å². The van der Waals surface area contributed by atoms with Crippen LogP contribution < -0.4 is 19.9 Å². The zero-order chi connectivity index (χ0) is 24.2. The maximum atomic E-state index is 15.0. The molecule has 2 amide bonds. The van der Waals surface area contributed by atoms with Gasteiger partial charge in [-0.2, -0.15) is 0 Å². The molecule has 0 radical (unpaired) electrons. The monoisotopic (exact) mass is 474 g/mol. The zero-order valence-corrected chi connectivity index (χ0v) is 19.1. The number of halogens is 1. The first-order valence-electron chi connectivity index (χ1n) is 11.0. The molecule has 2 saturated heterocycles. The number of amides is 2. The van der Waals surface area contributed by atoms with Crippen molar-refractivity contribution < 1.29 is 32.7 Å². The molecule has 2 fully saturated rings. The molecule has 1 N–H and O–H groups in total. The van der Waals surface area contributed by atoms with Crippen LogP contribution in [-0.2, 0) is 9.53 Å². The van der Waals surface area contributed by atoms with E-state index in [9.17, 15) is 18.8 Å². The summed E-state index contributed by atoms with van der Waals surface area (Å²) < 4.78 is 30.5. The van der Waals surface area contributed by atoms with Crippen molar-refractivity contribution in [3.05, 3.63) is 41.9 Å². The molecule has 1 atom stereocenters. The fourth-order valence-corrected chi connectivity index (χ4v) is 4.02. The molecule has 11 heteroatoms. The van der Waals surface area contributed by atoms with Crippen molar-refractivity contribution in [2.24, 2.45) is 0 Å². The summed E-state index contributed by atoms with van der Waals surface area (Å²) in [7, 11) is 1.47. The van der Waals surface area contributed by atoms with Crippen LogP contribution in [-0.4, -0.2) is 81.7 Å². The number of furan rings is 1. The molecule has 4 rings (SSSR count). The Kier molecular flexibility index (Phi) is 7.01. The number of hydrogen-bond acceptors (Lipinski definition) is 8. The number of nitrogens with one attached hydrogen (secondary N) is 1. The van der Waals surface area contributed by atoms with Crippen molar-refractivity contribution in [1.82, 2.24) is 10.2 Å². The van der Waals surface area contributed by atoms with Gasteiger partial charge in [0.05, 0.1) is 38.1 Å². The molecule has 182 valence electrons. The molecule has 2 aliphatic rings. The third-order valence-corrected chi connectivity index (χ3v) is 5.83. The molecule has 0 spiro atoms. The molecule has 1 aromatic carbocycles. The minimum atomic E-state index is -0.574. The lowest BCUT2D eigenvalue weighted by atomic mass is 10.2. The smallest absolute Gasteiger partial charge is 0.414 e. The van der Waals surface area contributed by atoms with E-state index in [4.69, 9.17) is 13.9 Å². The van der Waals surface area contributed by atoms with Gasteiger partial charge in [0.15, 0.2) is 5.76 Å². The molecule has 0 unspecified atom stereocenters. The van der Waals surface area contributed by atoms with Crippen LogP contribution in [0.2, 0.25) is 0 Å². The number of rotatable bonds is 8. The molecule has 0 bridgehead atoms. The van der Waals surface area contributed by atoms with Crippen LogP contribution in [0.15, 0.2) is 34.7 Å². The van der Waals surface area contributed by atoms with Gasteiger partial charge in [0.2, 0.25) is 11.7 Å². The van der Waals surface area contributed by atoms with Gasteiger partial charge >= 0.3 is 6.09 Å². The van der Waals surface area contributed by atoms with E-state index < -0.39 is 18.0 Å². The summed E-state index contributed by atoms with van der Waals surface area (Å²) in [5.41, 5.74) is 0.836. The van der Waals surface area contributed by atoms with Gasteiger partial charge in [-0.1, -0.05) is 0 Å². The number of ketones is 1. The number of cyclic esters (lactones) is 1. The predicted octanol–water partition coefficient (Wildman–Crippen LogP) is 1.89. The van der Waals surface area contributed by atoms with Gasteiger partial charge in [0.1, 0.15) is 11.9 Å². The highest BCUT2D eigenvalue weighted by atomic mass is 19.1. The van der Waals surface area contributed by atoms with E-state index in [0.29, 0.717) is 37.6 Å². The van der Waals surface area contributed by atoms with Crippen molar-refractivity contribution >= 4 is 29.2 Å². The van der Waals surface area contributed by atoms with E-state index in [1.165, 1.54) is 25.0 Å². The number of ether oxygens (including phenoxy) is 2. The second-order valence-corrected chi connectivity index (χ2v) is 8.20. The Hall–Kier alpha value is -3.60. The standard InChI is InChI=1S/C23H27FN4O6/c1-15(29)25-12-17-13-28(23(31)33-17)16-3-4-19(18(24)11-16)27-9-7-26(8-10-27)14-20(30)21-5-6-22(32-2)34-21/h3-6,11,17H,7-10,12-14H2,1-2H3,(H,25,29)/t17-/m0/s1. The van der Waals surface area contributed by atoms with Crippen LogP contribution in [0.1, 0.15) is 17.5 Å². The van der Waals surface area contributed by atoms with E-state index in [1.54, 1.807) is 24.3 Å². The first kappa shape index (κ1) is 23.6. The third-order valence-electron chi connectivity index (χ3n) is 5.83. The van der Waals surface area contributed by atoms with E-state index >= 15 is 0 Å². The fraction of sp³-hybridized carbons (Fsp3) is 0.435. The lowest BCUT2D eigenvalue weighted by Gasteiger charge is -2.35. The lowest BCUT2D eigenvalue weighted by molar-refractivity contribution is -0.119. The number of methoxy groups -OCH3 is 1. The minimum absolute atomic E-state index is 0.137. The highest BCUT2D eigenvalue weighted by Gasteiger charge is 2.33. The van der Waals surface area contributed by atoms with E-state index in [1.807, 2.05) is 9.80 Å². The summed E-state index contributed by atoms with van der Waals surface area (Å²) in [6.07, 6.45) is -1.06. The summed E-state index contributed by atoms with van der Waals surface area (Å²) in [5, 5.41) is 2.61. The van der Waals surface area contributed by atoms with Crippen molar-refractivity contribution in [1.29, 1.82) is 0 Å². The van der Waals surface area contributed by atoms with Gasteiger partial charge in [-0.15, -0.1) is 0 Å². The molecule has 1 aromatic heterocycles. The second-order valence-electron chi connectivity index (χ2n) is 8.20. The van der Waals surface area contributed by atoms with E-state index in [2.05, 4.69) is 5.32 Å². The number of hydrogen-bond donors (Lipinski definition) is 1. The Morgan fingerprint density at radius 1 is 1.18 bits per heavy atom. The third kappa shape index (κ3) is 5.30. The van der Waals surface area contributed by atoms with E-state index in [-0.39, 0.29) is 43.0 Å². The Bertz CT molecular complexity index is 1070. The van der Waals surface area contributed by atoms with Gasteiger partial charge in [-0.3, -0.25) is 19.4 Å². The number of benzene rings is 1. The highest BCUT2D eigenvalue weighted by molar-refractivity contribution is 5.95. The maximum Gasteiger partial charge on any atom is 0.414 e. The number of nitrogens with zero attached hydrogens (tertiary/aromatic N) is 3. The molecule has 34 heavy (non-hydrogen) atoms. The summed E-state index contributed by atoms with van der Waals surface area (Å²) in [5.74, 6) is -0.252. The fourth-order valence-electron chi connectivity index (χ4n) is 4.02. The lowest BCUT2D eigenvalue weighted by Crippen LogP contribution is -2.48. The Labute approximate surface area is 196 Å². The van der Waals surface area contributed by atoms with Crippen molar-refractivity contribution in [3.8, 4) is 5.95 Å². The molecule has 2 aliphatic heterocycles. The summed E-state index contributed by atoms with van der Waals surface area (Å²) in [6, 6.07) is 7.84. The predicted molar refractivity (Wildman–Crippen MR) is 121 cm³/mol. The Morgan fingerprint density at radius 2 is 1.94 bits per heavy atom. The zero-order valence-electron chi connectivity index (χ0n) is 19.1. The molecule has 0 aliphatic carbocycles. The van der Waals surface area contributed by atoms with Gasteiger partial charge in [-0.25, -0.2) is 9.18 Å². The van der Waals surface area contributed by atoms with Crippen LogP contribution in [0.4, 0.5) is 20.6 Å². The van der Waals surface area contributed by atoms with Gasteiger partial charge in [-0.05, 0) is 24.3 Å². The average Bonchev–Trinajstić information content (AvgIpc) is 3.45. The Morgan fingerprint density at radius 3 is 2.59 bits per heavy atom. The normalized spacial score (nSPS) is 18.7. The summed E-state index contributed by atoms with van der Waals surface area (Å²) in [6.45, 7) is 4.32. The van der Waals surface area contributed by atoms with Crippen LogP contribution in [0, 0.1) is 5.82 Å². The molecule has 3 heterocycles. The first-order chi connectivity index (χ1) is 16.3. The summed E-state index contributed by atoms with van der Waals surface area (Å²) >= 11 is 0. The molecular formula is C23H27FN4O6. The van der Waals surface area contributed by atoms with Gasteiger partial charge in [0.25, 0.3) is 5.95 Å². The second kappa shape index (κ2) is 10.1. The first-order valence-corrected chi connectivity index (χ1v) is 11.0. The van der Waals surface area contributed by atoms with Crippen molar-refractivity contribution in [2.75, 3.05) is 62.7 Å². The van der Waals surface area contributed by atoms with E-state index in [0.717, 1.165) is 0 Å². The molecule has 2 aromatic rings. The largest absolute Gasteiger partial charge is 0.468 e. The van der Waals surface area contributed by atoms with Gasteiger partial charge < -0.3 is 24.1 Å². The Balaban J connectivity index is 1.32. The van der Waals surface area contributed by atoms with Crippen molar-refractivity contribution in [3.63, 3.8) is 0 Å². The number of anilines is 2. The maximum absolute atomic E-state index is 15.0. The SMILES string of the molecule is COc1ccc(C(=O)CN2CCN(c3ccc(N4C[C@H](CNC(C)=O)OC4=O)cc3F)CC2)o1. The average molecular weight is 474 g/mol. The van der Waals surface area contributed by atoms with Crippen molar-refractivity contribution in [2.45, 2.75) is 13.0 Å². The number of piperazine rings is 1. The molecule has 10 nitrogen and oxygen atoms in total. The number of Topliss-reactive ketones (excluding diaryl/α,β-unsaturated/α-hetero) is 1. The van der Waals surface area contributed by atoms with Crippen LogP contribution in [0.5, 0.6) is 5.95 Å². The number of carbonyl (C=O) groups is 3.